The number of nitrogens with one attached hydrogen (secondary N) is 1. The van der Waals surface area contributed by atoms with Gasteiger partial charge >= 0.3 is 0 Å². The van der Waals surface area contributed by atoms with Crippen LogP contribution in [0.5, 0.6) is 11.5 Å². The van der Waals surface area contributed by atoms with Crippen molar-refractivity contribution in [2.45, 2.75) is 68.1 Å². The van der Waals surface area contributed by atoms with Gasteiger partial charge in [0.05, 0.1) is 47.3 Å². The van der Waals surface area contributed by atoms with Gasteiger partial charge in [-0.3, -0.25) is 9.52 Å². The van der Waals surface area contributed by atoms with Crippen LogP contribution in [0.4, 0.5) is 10.1 Å². The molecule has 3 aromatic rings. The van der Waals surface area contributed by atoms with E-state index in [0.717, 1.165) is 30.7 Å². The molecule has 1 heterocycles. The van der Waals surface area contributed by atoms with Crippen LogP contribution >= 0.6 is 0 Å². The number of halogens is 1. The summed E-state index contributed by atoms with van der Waals surface area (Å²) >= 11 is 0. The first-order chi connectivity index (χ1) is 23.7. The van der Waals surface area contributed by atoms with E-state index >= 15 is 0 Å². The van der Waals surface area contributed by atoms with Crippen LogP contribution < -0.4 is 14.2 Å². The van der Waals surface area contributed by atoms with Gasteiger partial charge in [-0.05, 0) is 99.8 Å². The van der Waals surface area contributed by atoms with Crippen LogP contribution in [0, 0.1) is 11.7 Å². The average Bonchev–Trinajstić information content (AvgIpc) is 3.09. The molecule has 12 nitrogen and oxygen atoms in total. The molecule has 1 aliphatic heterocycles. The number of hydrogen-bond donors (Lipinski definition) is 2. The second-order valence-corrected chi connectivity index (χ2v) is 16.3. The summed E-state index contributed by atoms with van der Waals surface area (Å²) < 4.78 is 88.0. The Morgan fingerprint density at radius 1 is 1.02 bits per heavy atom. The summed E-state index contributed by atoms with van der Waals surface area (Å²) in [7, 11) is -5.05. The normalized spacial score (nSPS) is 20.4. The van der Waals surface area contributed by atoms with Gasteiger partial charge in [0.25, 0.3) is 15.9 Å². The fourth-order valence-corrected chi connectivity index (χ4v) is 7.79. The summed E-state index contributed by atoms with van der Waals surface area (Å²) in [6, 6.07) is 14.1. The lowest BCUT2D eigenvalue weighted by Gasteiger charge is -2.35. The standard InChI is InChI=1S/C35H46FN3O9S2/c1-24-21-39(25(2)23-40)35(41)32-20-28(37-49(42,43)30-14-9-27(36)10-15-30)11-18-33(32)48-26(3)8-6-7-19-47-34(24)22-38(4)50(44,45)31-16-12-29(46-5)13-17-31/h9-18,20,24-26,34,37,40H,6-8,19,21-23H2,1-5H3/t24-,25+,26+,34-/m0/s1. The Morgan fingerprint density at radius 3 is 2.32 bits per heavy atom. The number of likely N-dealkylation sites (N-methyl/N-ethyl adjacent to an activating group) is 1. The highest BCUT2D eigenvalue weighted by atomic mass is 32.2. The van der Waals surface area contributed by atoms with E-state index in [2.05, 4.69) is 4.72 Å². The third-order valence-corrected chi connectivity index (χ3v) is 11.9. The number of nitrogens with zero attached hydrogens (tertiary/aromatic N) is 2. The minimum absolute atomic E-state index is 0.00349. The number of hydrogen-bond acceptors (Lipinski definition) is 9. The van der Waals surface area contributed by atoms with Crippen LogP contribution in [-0.2, 0) is 24.8 Å². The van der Waals surface area contributed by atoms with Gasteiger partial charge in [0.15, 0.2) is 0 Å². The molecular formula is C35H46FN3O9S2. The highest BCUT2D eigenvalue weighted by Crippen LogP contribution is 2.30. The van der Waals surface area contributed by atoms with E-state index in [4.69, 9.17) is 14.2 Å². The van der Waals surface area contributed by atoms with Gasteiger partial charge in [0.1, 0.15) is 17.3 Å². The van der Waals surface area contributed by atoms with Gasteiger partial charge in [-0.1, -0.05) is 6.92 Å². The molecule has 2 N–H and O–H groups in total. The quantitative estimate of drug-likeness (QED) is 0.301. The number of aliphatic hydroxyl groups is 1. The van der Waals surface area contributed by atoms with E-state index in [1.165, 1.54) is 53.7 Å². The third-order valence-electron chi connectivity index (χ3n) is 8.63. The van der Waals surface area contributed by atoms with E-state index in [0.29, 0.717) is 25.2 Å². The van der Waals surface area contributed by atoms with Gasteiger partial charge in [-0.2, -0.15) is 4.31 Å². The van der Waals surface area contributed by atoms with Crippen LogP contribution in [0.2, 0.25) is 0 Å². The topological polar surface area (TPSA) is 152 Å². The zero-order valence-electron chi connectivity index (χ0n) is 28.9. The molecule has 0 bridgehead atoms. The van der Waals surface area contributed by atoms with Gasteiger partial charge in [0, 0.05) is 38.3 Å². The molecule has 0 saturated carbocycles. The molecule has 4 atom stereocenters. The molecule has 0 aromatic heterocycles. The number of carbonyl (C=O) groups is 1. The molecule has 1 amide bonds. The molecule has 15 heteroatoms. The number of carbonyl (C=O) groups excluding carboxylic acids is 1. The lowest BCUT2D eigenvalue weighted by molar-refractivity contribution is -0.00834. The number of ether oxygens (including phenoxy) is 3. The molecule has 0 aliphatic carbocycles. The van der Waals surface area contributed by atoms with Crippen LogP contribution in [0.25, 0.3) is 0 Å². The lowest BCUT2D eigenvalue weighted by atomic mass is 10.0. The maximum absolute atomic E-state index is 14.4. The van der Waals surface area contributed by atoms with Crippen LogP contribution in [0.15, 0.2) is 76.5 Å². The SMILES string of the molecule is COc1ccc(S(=O)(=O)N(C)C[C@@H]2OCCCC[C@@H](C)Oc3ccc(NS(=O)(=O)c4ccc(F)cc4)cc3C(=O)N([C@H](C)CO)C[C@@H]2C)cc1. The summed E-state index contributed by atoms with van der Waals surface area (Å²) in [4.78, 5) is 15.8. The number of anilines is 1. The smallest absolute Gasteiger partial charge is 0.261 e. The molecule has 0 saturated heterocycles. The summed E-state index contributed by atoms with van der Waals surface area (Å²) in [5.74, 6) is -0.759. The summed E-state index contributed by atoms with van der Waals surface area (Å²) in [6.45, 7) is 5.44. The Labute approximate surface area is 294 Å². The molecule has 1 aliphatic rings. The molecular weight excluding hydrogens is 690 g/mol. The zero-order valence-corrected chi connectivity index (χ0v) is 30.5. The number of rotatable bonds is 10. The number of amides is 1. The van der Waals surface area contributed by atoms with E-state index in [9.17, 15) is 31.1 Å². The molecule has 0 radical (unpaired) electrons. The highest BCUT2D eigenvalue weighted by molar-refractivity contribution is 7.92. The van der Waals surface area contributed by atoms with Crippen molar-refractivity contribution in [1.29, 1.82) is 0 Å². The molecule has 274 valence electrons. The van der Waals surface area contributed by atoms with Gasteiger partial charge in [0.2, 0.25) is 10.0 Å². The first-order valence-corrected chi connectivity index (χ1v) is 19.3. The minimum Gasteiger partial charge on any atom is -0.497 e. The van der Waals surface area contributed by atoms with Crippen molar-refractivity contribution >= 4 is 31.6 Å². The Balaban J connectivity index is 1.66. The maximum Gasteiger partial charge on any atom is 0.261 e. The molecule has 50 heavy (non-hydrogen) atoms. The fraction of sp³-hybridized carbons (Fsp3) is 0.457. The monoisotopic (exact) mass is 735 g/mol. The van der Waals surface area contributed by atoms with Crippen molar-refractivity contribution in [2.24, 2.45) is 5.92 Å². The Kier molecular flexibility index (Phi) is 13.2. The van der Waals surface area contributed by atoms with Gasteiger partial charge in [-0.25, -0.2) is 21.2 Å². The van der Waals surface area contributed by atoms with Crippen LogP contribution in [0.1, 0.15) is 50.4 Å². The number of fused-ring (bicyclic) bond motifs is 1. The van der Waals surface area contributed by atoms with Crippen molar-refractivity contribution in [3.05, 3.63) is 78.1 Å². The zero-order chi connectivity index (χ0) is 36.6. The first kappa shape index (κ1) is 39.0. The Bertz CT molecular complexity index is 1810. The first-order valence-electron chi connectivity index (χ1n) is 16.4. The van der Waals surface area contributed by atoms with Crippen molar-refractivity contribution in [1.82, 2.24) is 9.21 Å². The van der Waals surface area contributed by atoms with Crippen molar-refractivity contribution < 1.29 is 45.3 Å². The molecule has 3 aromatic carbocycles. The number of aliphatic hydroxyl groups excluding tert-OH is 1. The average molecular weight is 736 g/mol. The minimum atomic E-state index is -4.13. The molecule has 4 rings (SSSR count). The van der Waals surface area contributed by atoms with Crippen molar-refractivity contribution in [2.75, 3.05) is 45.2 Å². The number of sulfonamides is 2. The van der Waals surface area contributed by atoms with Gasteiger partial charge < -0.3 is 24.2 Å². The predicted octanol–water partition coefficient (Wildman–Crippen LogP) is 4.75. The van der Waals surface area contributed by atoms with E-state index < -0.39 is 49.8 Å². The number of benzene rings is 3. The van der Waals surface area contributed by atoms with E-state index in [1.54, 1.807) is 19.1 Å². The summed E-state index contributed by atoms with van der Waals surface area (Å²) in [6.07, 6.45) is 1.09. The highest BCUT2D eigenvalue weighted by Gasteiger charge is 2.32. The van der Waals surface area contributed by atoms with Crippen LogP contribution in [-0.4, -0.2) is 95.8 Å². The second kappa shape index (κ2) is 17.0. The van der Waals surface area contributed by atoms with Gasteiger partial charge in [-0.15, -0.1) is 0 Å². The van der Waals surface area contributed by atoms with Crippen molar-refractivity contribution in [3.63, 3.8) is 0 Å². The third kappa shape index (κ3) is 9.72. The van der Waals surface area contributed by atoms with E-state index in [-0.39, 0.29) is 52.6 Å². The van der Waals surface area contributed by atoms with E-state index in [1.807, 2.05) is 13.8 Å². The Hall–Kier alpha value is -3.76. The maximum atomic E-state index is 14.4. The molecule has 0 fully saturated rings. The lowest BCUT2D eigenvalue weighted by Crippen LogP contribution is -2.48. The summed E-state index contributed by atoms with van der Waals surface area (Å²) in [5.41, 5.74) is 0.146. The molecule has 0 spiro atoms. The second-order valence-electron chi connectivity index (χ2n) is 12.5. The Morgan fingerprint density at radius 2 is 1.68 bits per heavy atom. The van der Waals surface area contributed by atoms with Crippen LogP contribution in [0.3, 0.4) is 0 Å². The largest absolute Gasteiger partial charge is 0.497 e. The number of methoxy groups -OCH3 is 1. The molecule has 0 unspecified atom stereocenters. The summed E-state index contributed by atoms with van der Waals surface area (Å²) in [5, 5.41) is 10.2. The predicted molar refractivity (Wildman–Crippen MR) is 187 cm³/mol. The van der Waals surface area contributed by atoms with Crippen molar-refractivity contribution in [3.8, 4) is 11.5 Å². The fourth-order valence-electron chi connectivity index (χ4n) is 5.56.